The molecule has 2 atom stereocenters. The van der Waals surface area contributed by atoms with Gasteiger partial charge in [0.2, 0.25) is 5.79 Å². The van der Waals surface area contributed by atoms with E-state index in [4.69, 9.17) is 4.74 Å². The monoisotopic (exact) mass is 307 g/mol. The molecule has 2 aliphatic heterocycles. The summed E-state index contributed by atoms with van der Waals surface area (Å²) in [6.07, 6.45) is 4.16. The predicted octanol–water partition coefficient (Wildman–Crippen LogP) is 2.51. The number of piperidine rings is 1. The molecule has 0 unspecified atom stereocenters. The summed E-state index contributed by atoms with van der Waals surface area (Å²) >= 11 is 0. The maximum atomic E-state index is 10.9. The highest BCUT2D eigenvalue weighted by Gasteiger charge is 2.48. The van der Waals surface area contributed by atoms with Gasteiger partial charge in [-0.25, -0.2) is 0 Å². The molecule has 0 bridgehead atoms. The number of quaternary nitrogens is 1. The van der Waals surface area contributed by atoms with Gasteiger partial charge in [-0.05, 0) is 31.4 Å². The Morgan fingerprint density at radius 3 is 2.41 bits per heavy atom. The van der Waals surface area contributed by atoms with Crippen molar-refractivity contribution in [1.82, 2.24) is 0 Å². The Bertz CT molecular complexity index is 554. The van der Waals surface area contributed by atoms with Gasteiger partial charge in [0.05, 0.1) is 31.0 Å². The fourth-order valence-corrected chi connectivity index (χ4v) is 3.79. The molecule has 0 amide bonds. The van der Waals surface area contributed by atoms with Crippen molar-refractivity contribution in [3.63, 3.8) is 0 Å². The van der Waals surface area contributed by atoms with E-state index < -0.39 is 10.7 Å². The predicted molar refractivity (Wildman–Crippen MR) is 80.9 cm³/mol. The topological polar surface area (TPSA) is 72.6 Å². The van der Waals surface area contributed by atoms with E-state index in [1.54, 1.807) is 12.1 Å². The first-order chi connectivity index (χ1) is 10.5. The number of rotatable bonds is 2. The Morgan fingerprint density at radius 2 is 1.86 bits per heavy atom. The number of hydrogen-bond acceptors (Lipinski definition) is 4. The van der Waals surface area contributed by atoms with E-state index in [9.17, 15) is 15.2 Å². The molecule has 120 valence electrons. The average Bonchev–Trinajstić information content (AvgIpc) is 2.53. The number of ether oxygens (including phenoxy) is 1. The molecule has 2 saturated heterocycles. The number of hydrogen-bond donors (Lipinski definition) is 1. The minimum atomic E-state index is -1.34. The SMILES string of the molecule is C[C@H]1O[C@](O)(c2ccc([N+](=O)[O-])cc2)CC[N+]12CCCCC2. The lowest BCUT2D eigenvalue weighted by Crippen LogP contribution is -2.64. The first-order valence-electron chi connectivity index (χ1n) is 7.96. The average molecular weight is 307 g/mol. The van der Waals surface area contributed by atoms with Gasteiger partial charge < -0.3 is 5.11 Å². The number of nitro groups is 1. The molecule has 6 heteroatoms. The molecule has 1 aromatic rings. The van der Waals surface area contributed by atoms with Crippen molar-refractivity contribution >= 4 is 5.69 Å². The Labute approximate surface area is 130 Å². The second-order valence-electron chi connectivity index (χ2n) is 6.51. The molecule has 22 heavy (non-hydrogen) atoms. The third-order valence-electron chi connectivity index (χ3n) is 5.27. The molecule has 0 saturated carbocycles. The van der Waals surface area contributed by atoms with Crippen LogP contribution in [0.1, 0.15) is 38.2 Å². The van der Waals surface area contributed by atoms with Gasteiger partial charge in [-0.1, -0.05) is 0 Å². The van der Waals surface area contributed by atoms with Crippen molar-refractivity contribution in [3.05, 3.63) is 39.9 Å². The normalized spacial score (nSPS) is 31.1. The van der Waals surface area contributed by atoms with Gasteiger partial charge in [0.15, 0.2) is 6.23 Å². The number of non-ortho nitro benzene ring substituents is 1. The summed E-state index contributed by atoms with van der Waals surface area (Å²) in [6.45, 7) is 5.13. The van der Waals surface area contributed by atoms with E-state index in [0.29, 0.717) is 12.0 Å². The van der Waals surface area contributed by atoms with Crippen molar-refractivity contribution in [2.75, 3.05) is 19.6 Å². The fourth-order valence-electron chi connectivity index (χ4n) is 3.79. The summed E-state index contributed by atoms with van der Waals surface area (Å²) in [7, 11) is 0. The molecule has 2 fully saturated rings. The molecule has 2 heterocycles. The summed E-state index contributed by atoms with van der Waals surface area (Å²) in [5.74, 6) is -1.34. The van der Waals surface area contributed by atoms with Crippen LogP contribution >= 0.6 is 0 Å². The Morgan fingerprint density at radius 1 is 1.23 bits per heavy atom. The number of nitro benzene ring substituents is 1. The van der Waals surface area contributed by atoms with Gasteiger partial charge in [-0.3, -0.25) is 19.3 Å². The molecular formula is C16H23N2O4+. The van der Waals surface area contributed by atoms with E-state index in [1.165, 1.54) is 31.4 Å². The van der Waals surface area contributed by atoms with Crippen LogP contribution in [0.15, 0.2) is 24.3 Å². The van der Waals surface area contributed by atoms with Gasteiger partial charge >= 0.3 is 0 Å². The molecular weight excluding hydrogens is 284 g/mol. The summed E-state index contributed by atoms with van der Waals surface area (Å²) in [4.78, 5) is 10.3. The van der Waals surface area contributed by atoms with Gasteiger partial charge in [-0.2, -0.15) is 0 Å². The minimum Gasteiger partial charge on any atom is -0.361 e. The first-order valence-corrected chi connectivity index (χ1v) is 7.96. The van der Waals surface area contributed by atoms with Gasteiger partial charge in [0, 0.05) is 24.6 Å². The number of aliphatic hydroxyl groups is 1. The Kier molecular flexibility index (Phi) is 3.92. The van der Waals surface area contributed by atoms with E-state index in [1.807, 2.05) is 6.92 Å². The Hall–Kier alpha value is -1.50. The van der Waals surface area contributed by atoms with Crippen LogP contribution in [0.2, 0.25) is 0 Å². The van der Waals surface area contributed by atoms with Gasteiger partial charge in [-0.15, -0.1) is 0 Å². The zero-order valence-electron chi connectivity index (χ0n) is 12.9. The molecule has 0 aliphatic carbocycles. The highest BCUT2D eigenvalue weighted by molar-refractivity contribution is 5.34. The molecule has 2 aliphatic rings. The second-order valence-corrected chi connectivity index (χ2v) is 6.51. The minimum absolute atomic E-state index is 0.0238. The fraction of sp³-hybridized carbons (Fsp3) is 0.625. The summed E-state index contributed by atoms with van der Waals surface area (Å²) in [5, 5.41) is 21.6. The number of benzene rings is 1. The lowest BCUT2D eigenvalue weighted by molar-refractivity contribution is -0.987. The summed E-state index contributed by atoms with van der Waals surface area (Å²) < 4.78 is 6.94. The van der Waals surface area contributed by atoms with Crippen LogP contribution in [-0.4, -0.2) is 40.4 Å². The van der Waals surface area contributed by atoms with E-state index in [0.717, 1.165) is 24.1 Å². The third-order valence-corrected chi connectivity index (χ3v) is 5.27. The molecule has 0 aromatic heterocycles. The molecule has 1 N–H and O–H groups in total. The van der Waals surface area contributed by atoms with Crippen molar-refractivity contribution in [3.8, 4) is 0 Å². The van der Waals surface area contributed by atoms with Crippen LogP contribution in [0.5, 0.6) is 0 Å². The van der Waals surface area contributed by atoms with Crippen LogP contribution in [0.4, 0.5) is 5.69 Å². The van der Waals surface area contributed by atoms with E-state index in [2.05, 4.69) is 0 Å². The first kappa shape index (κ1) is 15.4. The molecule has 1 spiro atoms. The molecule has 1 aromatic carbocycles. The van der Waals surface area contributed by atoms with Crippen molar-refractivity contribution in [1.29, 1.82) is 0 Å². The Balaban J connectivity index is 1.78. The van der Waals surface area contributed by atoms with Crippen LogP contribution in [0, 0.1) is 10.1 Å². The zero-order valence-corrected chi connectivity index (χ0v) is 12.9. The van der Waals surface area contributed by atoms with Crippen LogP contribution in [0.3, 0.4) is 0 Å². The second kappa shape index (κ2) is 5.61. The lowest BCUT2D eigenvalue weighted by atomic mass is 9.96. The van der Waals surface area contributed by atoms with E-state index >= 15 is 0 Å². The maximum absolute atomic E-state index is 10.9. The van der Waals surface area contributed by atoms with Crippen molar-refractivity contribution in [2.24, 2.45) is 0 Å². The van der Waals surface area contributed by atoms with Gasteiger partial charge in [0.25, 0.3) is 5.69 Å². The summed E-state index contributed by atoms with van der Waals surface area (Å²) in [6, 6.07) is 6.02. The van der Waals surface area contributed by atoms with Crippen molar-refractivity contribution in [2.45, 2.75) is 44.6 Å². The van der Waals surface area contributed by atoms with Crippen molar-refractivity contribution < 1.29 is 19.2 Å². The molecule has 0 radical (unpaired) electrons. The standard InChI is InChI=1S/C16H23N2O4/c1-13-18(10-3-2-4-11-18)12-9-16(19,22-13)14-5-7-15(8-6-14)17(20)21/h5-8,13,19H,2-4,9-12H2,1H3/q+1/t13-,16+/m1/s1. The zero-order chi connectivity index (χ0) is 15.8. The molecule has 6 nitrogen and oxygen atoms in total. The quantitative estimate of drug-likeness (QED) is 0.517. The highest BCUT2D eigenvalue weighted by Crippen LogP contribution is 2.39. The molecule has 3 rings (SSSR count). The smallest absolute Gasteiger partial charge is 0.269 e. The maximum Gasteiger partial charge on any atom is 0.269 e. The largest absolute Gasteiger partial charge is 0.361 e. The van der Waals surface area contributed by atoms with Crippen LogP contribution in [-0.2, 0) is 10.5 Å². The van der Waals surface area contributed by atoms with Gasteiger partial charge in [0.1, 0.15) is 0 Å². The lowest BCUT2D eigenvalue weighted by Gasteiger charge is -2.52. The third kappa shape index (κ3) is 2.62. The summed E-state index contributed by atoms with van der Waals surface area (Å²) in [5.41, 5.74) is 0.621. The van der Waals surface area contributed by atoms with Crippen LogP contribution in [0.25, 0.3) is 0 Å². The van der Waals surface area contributed by atoms with Crippen LogP contribution < -0.4 is 0 Å². The highest BCUT2D eigenvalue weighted by atomic mass is 16.6. The number of nitrogens with zero attached hydrogens (tertiary/aromatic N) is 2. The van der Waals surface area contributed by atoms with E-state index in [-0.39, 0.29) is 11.9 Å².